The Morgan fingerprint density at radius 1 is 0.514 bits per heavy atom. The van der Waals surface area contributed by atoms with Crippen LogP contribution in [0.4, 0.5) is 74.6 Å². The SMILES string of the molecule is OCCCCCCC(I)=CC(F)(F)C(F)(F)C(F)(F)C(F)(F)C(F)(F)C(F)(F)C(F)(F)C(F)(F)F. The minimum Gasteiger partial charge on any atom is -0.396 e. The molecule has 0 aromatic heterocycles. The molecule has 0 atom stereocenters. The Morgan fingerprint density at radius 2 is 0.857 bits per heavy atom. The third-order valence-electron chi connectivity index (χ3n) is 4.41. The van der Waals surface area contributed by atoms with Gasteiger partial charge in [-0.2, -0.15) is 74.6 Å². The number of allylic oxidation sites excluding steroid dienone is 2. The van der Waals surface area contributed by atoms with Crippen LogP contribution in [-0.2, 0) is 0 Å². The zero-order valence-electron chi connectivity index (χ0n) is 16.6. The molecule has 0 rings (SSSR count). The Balaban J connectivity index is 6.33. The van der Waals surface area contributed by atoms with Crippen molar-refractivity contribution in [2.24, 2.45) is 0 Å². The van der Waals surface area contributed by atoms with Crippen molar-refractivity contribution in [1.82, 2.24) is 0 Å². The molecule has 0 spiro atoms. The van der Waals surface area contributed by atoms with Gasteiger partial charge in [-0.15, -0.1) is 0 Å². The summed E-state index contributed by atoms with van der Waals surface area (Å²) >= 11 is 0.839. The molecule has 0 aliphatic heterocycles. The number of hydrogen-bond donors (Lipinski definition) is 1. The fraction of sp³-hybridized carbons (Fsp3) is 0.875. The van der Waals surface area contributed by atoms with Crippen molar-refractivity contribution in [1.29, 1.82) is 0 Å². The molecule has 0 heterocycles. The maximum absolute atomic E-state index is 13.8. The van der Waals surface area contributed by atoms with Gasteiger partial charge in [0.2, 0.25) is 0 Å². The summed E-state index contributed by atoms with van der Waals surface area (Å²) in [4.78, 5) is 0. The first-order chi connectivity index (χ1) is 15.2. The van der Waals surface area contributed by atoms with E-state index in [0.29, 0.717) is 0 Å². The summed E-state index contributed by atoms with van der Waals surface area (Å²) in [5.41, 5.74) is 0. The van der Waals surface area contributed by atoms with E-state index in [0.717, 1.165) is 22.6 Å². The van der Waals surface area contributed by atoms with E-state index in [9.17, 15) is 74.6 Å². The Kier molecular flexibility index (Phi) is 10.3. The first kappa shape index (κ1) is 34.2. The average Bonchev–Trinajstić information content (AvgIpc) is 2.65. The molecule has 0 unspecified atom stereocenters. The lowest BCUT2D eigenvalue weighted by Crippen LogP contribution is -2.74. The summed E-state index contributed by atoms with van der Waals surface area (Å²) in [5, 5.41) is 8.53. The smallest absolute Gasteiger partial charge is 0.396 e. The van der Waals surface area contributed by atoms with E-state index in [4.69, 9.17) is 5.11 Å². The molecule has 0 saturated heterocycles. The van der Waals surface area contributed by atoms with Crippen molar-refractivity contribution in [2.75, 3.05) is 6.61 Å². The molecule has 1 N–H and O–H groups in total. The Morgan fingerprint density at radius 3 is 1.23 bits per heavy atom. The van der Waals surface area contributed by atoms with Crippen LogP contribution in [0.15, 0.2) is 9.66 Å². The summed E-state index contributed by atoms with van der Waals surface area (Å²) in [7, 11) is 0. The molecule has 0 fully saturated rings. The quantitative estimate of drug-likeness (QED) is 0.119. The van der Waals surface area contributed by atoms with Gasteiger partial charge in [-0.3, -0.25) is 0 Å². The minimum atomic E-state index is -8.62. The molecule has 0 aromatic rings. The number of alkyl halides is 17. The van der Waals surface area contributed by atoms with Crippen LogP contribution in [0.2, 0.25) is 0 Å². The Bertz CT molecular complexity index is 741. The molecule has 0 amide bonds. The fourth-order valence-corrected chi connectivity index (χ4v) is 3.07. The molecule has 0 saturated carbocycles. The van der Waals surface area contributed by atoms with Gasteiger partial charge < -0.3 is 5.11 Å². The topological polar surface area (TPSA) is 20.2 Å². The van der Waals surface area contributed by atoms with Crippen LogP contribution in [0.5, 0.6) is 0 Å². The lowest BCUT2D eigenvalue weighted by molar-refractivity contribution is -0.459. The monoisotopic (exact) mass is 672 g/mol. The van der Waals surface area contributed by atoms with Gasteiger partial charge in [-0.05, 0) is 45.4 Å². The van der Waals surface area contributed by atoms with E-state index < -0.39 is 63.7 Å². The molecular weight excluding hydrogens is 658 g/mol. The zero-order valence-corrected chi connectivity index (χ0v) is 18.7. The summed E-state index contributed by atoms with van der Waals surface area (Å²) in [6, 6.07) is 0. The lowest BCUT2D eigenvalue weighted by atomic mass is 9.89. The largest absolute Gasteiger partial charge is 0.460 e. The highest BCUT2D eigenvalue weighted by Gasteiger charge is 2.95. The van der Waals surface area contributed by atoms with Crippen molar-refractivity contribution < 1.29 is 79.7 Å². The number of rotatable bonds is 13. The molecule has 0 aliphatic rings. The van der Waals surface area contributed by atoms with Gasteiger partial charge in [0.1, 0.15) is 0 Å². The van der Waals surface area contributed by atoms with Gasteiger partial charge in [0.15, 0.2) is 0 Å². The Labute approximate surface area is 198 Å². The van der Waals surface area contributed by atoms with Crippen LogP contribution < -0.4 is 0 Å². The van der Waals surface area contributed by atoms with Gasteiger partial charge in [0, 0.05) is 12.7 Å². The second kappa shape index (κ2) is 10.5. The van der Waals surface area contributed by atoms with E-state index in [-0.39, 0.29) is 32.3 Å². The third-order valence-corrected chi connectivity index (χ3v) is 5.26. The van der Waals surface area contributed by atoms with Gasteiger partial charge in [-0.1, -0.05) is 12.8 Å². The van der Waals surface area contributed by atoms with Crippen molar-refractivity contribution in [3.63, 3.8) is 0 Å². The highest BCUT2D eigenvalue weighted by Crippen LogP contribution is 2.64. The molecule has 1 nitrogen and oxygen atoms in total. The molecule has 0 radical (unpaired) electrons. The van der Waals surface area contributed by atoms with Crippen molar-refractivity contribution in [2.45, 2.75) is 79.7 Å². The highest BCUT2D eigenvalue weighted by molar-refractivity contribution is 14.1. The lowest BCUT2D eigenvalue weighted by Gasteiger charge is -2.42. The van der Waals surface area contributed by atoms with Gasteiger partial charge in [0.25, 0.3) is 0 Å². The molecule has 0 bridgehead atoms. The second-order valence-electron chi connectivity index (χ2n) is 7.05. The maximum atomic E-state index is 13.8. The van der Waals surface area contributed by atoms with Crippen LogP contribution in [0.1, 0.15) is 32.1 Å². The number of unbranched alkanes of at least 4 members (excludes halogenated alkanes) is 3. The molecule has 19 heteroatoms. The summed E-state index contributed by atoms with van der Waals surface area (Å²) in [6.45, 7) is -0.279. The molecule has 210 valence electrons. The zero-order chi connectivity index (χ0) is 28.5. The summed E-state index contributed by atoms with van der Waals surface area (Å²) in [5.74, 6) is -56.3. The number of hydrogen-bond acceptors (Lipinski definition) is 1. The predicted octanol–water partition coefficient (Wildman–Crippen LogP) is 8.26. The normalized spacial score (nSPS) is 16.1. The maximum Gasteiger partial charge on any atom is 0.460 e. The number of halogens is 18. The summed E-state index contributed by atoms with van der Waals surface area (Å²) < 4.78 is 223. The molecule has 0 aliphatic carbocycles. The fourth-order valence-electron chi connectivity index (χ4n) is 2.29. The van der Waals surface area contributed by atoms with Crippen molar-refractivity contribution in [3.8, 4) is 0 Å². The van der Waals surface area contributed by atoms with E-state index in [1.54, 1.807) is 0 Å². The van der Waals surface area contributed by atoms with Crippen LogP contribution in [-0.4, -0.2) is 59.3 Å². The predicted molar refractivity (Wildman–Crippen MR) is 93.0 cm³/mol. The van der Waals surface area contributed by atoms with Crippen molar-refractivity contribution in [3.05, 3.63) is 9.66 Å². The number of aliphatic hydroxyl groups is 1. The van der Waals surface area contributed by atoms with E-state index >= 15 is 0 Å². The molecule has 0 aromatic carbocycles. The van der Waals surface area contributed by atoms with Crippen LogP contribution in [0.3, 0.4) is 0 Å². The standard InChI is InChI=1S/C16H14F17IO/c17-9(18,7-8(34)5-3-1-2-4-6-35)10(19,20)11(21,22)12(23,24)13(25,26)14(27,28)15(29,30)16(31,32)33/h7,35H,1-6H2. The van der Waals surface area contributed by atoms with E-state index in [2.05, 4.69) is 0 Å². The van der Waals surface area contributed by atoms with Gasteiger partial charge >= 0.3 is 47.6 Å². The second-order valence-corrected chi connectivity index (χ2v) is 8.43. The summed E-state index contributed by atoms with van der Waals surface area (Å²) in [6.07, 6.45) is -8.90. The van der Waals surface area contributed by atoms with E-state index in [1.165, 1.54) is 0 Å². The highest BCUT2D eigenvalue weighted by atomic mass is 127. The van der Waals surface area contributed by atoms with Crippen LogP contribution in [0, 0.1) is 0 Å². The van der Waals surface area contributed by atoms with Gasteiger partial charge in [-0.25, -0.2) is 0 Å². The minimum absolute atomic E-state index is 0.111. The average molecular weight is 672 g/mol. The first-order valence-corrected chi connectivity index (χ1v) is 9.98. The third kappa shape index (κ3) is 5.89. The Hall–Kier alpha value is -0.760. The molecule has 35 heavy (non-hydrogen) atoms. The van der Waals surface area contributed by atoms with Crippen molar-refractivity contribution >= 4 is 22.6 Å². The molecular formula is C16H14F17IO. The first-order valence-electron chi connectivity index (χ1n) is 8.90. The van der Waals surface area contributed by atoms with E-state index in [1.807, 2.05) is 0 Å². The van der Waals surface area contributed by atoms with Crippen LogP contribution >= 0.6 is 22.6 Å². The van der Waals surface area contributed by atoms with Crippen LogP contribution in [0.25, 0.3) is 0 Å². The van der Waals surface area contributed by atoms with Gasteiger partial charge in [0.05, 0.1) is 0 Å². The number of aliphatic hydroxyl groups excluding tert-OH is 1.